The molecule has 6 nitrogen and oxygen atoms in total. The van der Waals surface area contributed by atoms with E-state index in [0.717, 1.165) is 6.54 Å². The summed E-state index contributed by atoms with van der Waals surface area (Å²) in [7, 11) is 2.99. The van der Waals surface area contributed by atoms with Crippen LogP contribution in [0.1, 0.15) is 25.7 Å². The minimum atomic E-state index is -0.331. The minimum Gasteiger partial charge on any atom is -0.469 e. The van der Waals surface area contributed by atoms with E-state index in [4.69, 9.17) is 0 Å². The number of rotatable bonds is 6. The van der Waals surface area contributed by atoms with E-state index in [1.165, 1.54) is 24.9 Å². The standard InChI is InChI=1S/C14H22N2O4/c1-15(6-5-13(18)20-2)14(19)11-7-12(17)16(9-11)8-10-3-4-10/h10-11H,3-9H2,1-2H3. The van der Waals surface area contributed by atoms with Crippen molar-refractivity contribution in [2.75, 3.05) is 33.8 Å². The molecule has 6 heteroatoms. The van der Waals surface area contributed by atoms with Crippen LogP contribution < -0.4 is 0 Å². The van der Waals surface area contributed by atoms with Crippen LogP contribution in [0, 0.1) is 11.8 Å². The molecule has 0 bridgehead atoms. The summed E-state index contributed by atoms with van der Waals surface area (Å²) in [6.45, 7) is 1.66. The number of esters is 1. The lowest BCUT2D eigenvalue weighted by molar-refractivity contribution is -0.142. The molecule has 1 aliphatic carbocycles. The van der Waals surface area contributed by atoms with E-state index in [1.807, 2.05) is 4.90 Å². The molecule has 2 rings (SSSR count). The first-order valence-electron chi connectivity index (χ1n) is 7.10. The van der Waals surface area contributed by atoms with Gasteiger partial charge in [0.15, 0.2) is 0 Å². The lowest BCUT2D eigenvalue weighted by Crippen LogP contribution is -2.36. The molecule has 0 aromatic rings. The Balaban J connectivity index is 1.79. The third kappa shape index (κ3) is 3.71. The highest BCUT2D eigenvalue weighted by atomic mass is 16.5. The van der Waals surface area contributed by atoms with Crippen LogP contribution in [0.25, 0.3) is 0 Å². The highest BCUT2D eigenvalue weighted by Gasteiger charge is 2.38. The Morgan fingerprint density at radius 2 is 2.10 bits per heavy atom. The predicted molar refractivity (Wildman–Crippen MR) is 71.7 cm³/mol. The molecule has 0 spiro atoms. The quantitative estimate of drug-likeness (QED) is 0.656. The molecule has 0 radical (unpaired) electrons. The second-order valence-corrected chi connectivity index (χ2v) is 5.73. The zero-order valence-corrected chi connectivity index (χ0v) is 12.1. The van der Waals surface area contributed by atoms with Gasteiger partial charge in [0.1, 0.15) is 0 Å². The average molecular weight is 282 g/mol. The summed E-state index contributed by atoms with van der Waals surface area (Å²) >= 11 is 0. The lowest BCUT2D eigenvalue weighted by atomic mass is 10.1. The first-order valence-corrected chi connectivity index (χ1v) is 7.10. The molecule has 2 amide bonds. The van der Waals surface area contributed by atoms with Crippen LogP contribution in [0.15, 0.2) is 0 Å². The van der Waals surface area contributed by atoms with Gasteiger partial charge in [-0.2, -0.15) is 0 Å². The van der Waals surface area contributed by atoms with Crippen LogP contribution in [-0.4, -0.2) is 61.4 Å². The summed E-state index contributed by atoms with van der Waals surface area (Å²) in [5.41, 5.74) is 0. The Hall–Kier alpha value is -1.59. The van der Waals surface area contributed by atoms with Crippen molar-refractivity contribution in [2.45, 2.75) is 25.7 Å². The fourth-order valence-corrected chi connectivity index (χ4v) is 2.51. The Kier molecular flexibility index (Phi) is 4.62. The van der Waals surface area contributed by atoms with Crippen molar-refractivity contribution < 1.29 is 19.1 Å². The summed E-state index contributed by atoms with van der Waals surface area (Å²) in [4.78, 5) is 38.5. The second-order valence-electron chi connectivity index (χ2n) is 5.73. The van der Waals surface area contributed by atoms with E-state index in [0.29, 0.717) is 25.4 Å². The number of nitrogens with zero attached hydrogens (tertiary/aromatic N) is 2. The third-order valence-corrected chi connectivity index (χ3v) is 3.99. The largest absolute Gasteiger partial charge is 0.469 e. The SMILES string of the molecule is COC(=O)CCN(C)C(=O)C1CC(=O)N(CC2CC2)C1. The fraction of sp³-hybridized carbons (Fsp3) is 0.786. The Bertz CT molecular complexity index is 406. The smallest absolute Gasteiger partial charge is 0.307 e. The first kappa shape index (κ1) is 14.8. The molecule has 20 heavy (non-hydrogen) atoms. The normalized spacial score (nSPS) is 22.0. The molecular weight excluding hydrogens is 260 g/mol. The molecule has 1 atom stereocenters. The van der Waals surface area contributed by atoms with E-state index in [9.17, 15) is 14.4 Å². The van der Waals surface area contributed by atoms with Gasteiger partial charge in [0.2, 0.25) is 11.8 Å². The number of hydrogen-bond donors (Lipinski definition) is 0. The Morgan fingerprint density at radius 1 is 1.40 bits per heavy atom. The molecule has 0 aromatic heterocycles. The maximum absolute atomic E-state index is 12.2. The molecular formula is C14H22N2O4. The summed E-state index contributed by atoms with van der Waals surface area (Å²) in [5, 5.41) is 0. The fourth-order valence-electron chi connectivity index (χ4n) is 2.51. The van der Waals surface area contributed by atoms with Gasteiger partial charge in [0, 0.05) is 33.1 Å². The topological polar surface area (TPSA) is 66.9 Å². The Labute approximate surface area is 119 Å². The number of likely N-dealkylation sites (tertiary alicyclic amines) is 1. The highest BCUT2D eigenvalue weighted by molar-refractivity contribution is 5.89. The maximum atomic E-state index is 12.2. The van der Waals surface area contributed by atoms with E-state index in [-0.39, 0.29) is 30.1 Å². The van der Waals surface area contributed by atoms with Crippen LogP contribution in [0.3, 0.4) is 0 Å². The van der Waals surface area contributed by atoms with Gasteiger partial charge in [-0.05, 0) is 18.8 Å². The van der Waals surface area contributed by atoms with Gasteiger partial charge < -0.3 is 14.5 Å². The van der Waals surface area contributed by atoms with E-state index >= 15 is 0 Å². The number of amides is 2. The number of carbonyl (C=O) groups excluding carboxylic acids is 3. The van der Waals surface area contributed by atoms with Crippen molar-refractivity contribution in [3.05, 3.63) is 0 Å². The summed E-state index contributed by atoms with van der Waals surface area (Å²) in [6, 6.07) is 0. The van der Waals surface area contributed by atoms with E-state index in [2.05, 4.69) is 4.74 Å². The van der Waals surface area contributed by atoms with Crippen LogP contribution in [0.2, 0.25) is 0 Å². The number of hydrogen-bond acceptors (Lipinski definition) is 4. The van der Waals surface area contributed by atoms with Gasteiger partial charge in [0.25, 0.3) is 0 Å². The summed E-state index contributed by atoms with van der Waals surface area (Å²) in [6.07, 6.45) is 2.88. The van der Waals surface area contributed by atoms with E-state index in [1.54, 1.807) is 7.05 Å². The molecule has 0 aromatic carbocycles. The van der Waals surface area contributed by atoms with Crippen molar-refractivity contribution in [1.82, 2.24) is 9.80 Å². The van der Waals surface area contributed by atoms with Crippen molar-refractivity contribution in [3.8, 4) is 0 Å². The predicted octanol–water partition coefficient (Wildman–Crippen LogP) is 0.266. The molecule has 1 saturated heterocycles. The molecule has 1 heterocycles. The van der Waals surface area contributed by atoms with Gasteiger partial charge in [-0.3, -0.25) is 14.4 Å². The maximum Gasteiger partial charge on any atom is 0.307 e. The monoisotopic (exact) mass is 282 g/mol. The molecule has 0 N–H and O–H groups in total. The van der Waals surface area contributed by atoms with E-state index < -0.39 is 0 Å². The summed E-state index contributed by atoms with van der Waals surface area (Å²) < 4.78 is 4.55. The van der Waals surface area contributed by atoms with Crippen LogP contribution in [0.4, 0.5) is 0 Å². The zero-order valence-electron chi connectivity index (χ0n) is 12.1. The van der Waals surface area contributed by atoms with Gasteiger partial charge in [-0.1, -0.05) is 0 Å². The Morgan fingerprint density at radius 3 is 2.70 bits per heavy atom. The number of carbonyl (C=O) groups is 3. The van der Waals surface area contributed by atoms with Gasteiger partial charge in [-0.25, -0.2) is 0 Å². The van der Waals surface area contributed by atoms with Crippen molar-refractivity contribution in [1.29, 1.82) is 0 Å². The highest BCUT2D eigenvalue weighted by Crippen LogP contribution is 2.32. The van der Waals surface area contributed by atoms with Gasteiger partial charge >= 0.3 is 5.97 Å². The number of ether oxygens (including phenoxy) is 1. The molecule has 2 aliphatic rings. The molecule has 112 valence electrons. The van der Waals surface area contributed by atoms with Crippen LogP contribution >= 0.6 is 0 Å². The molecule has 1 aliphatic heterocycles. The number of methoxy groups -OCH3 is 1. The van der Waals surface area contributed by atoms with Gasteiger partial charge in [0.05, 0.1) is 19.4 Å². The lowest BCUT2D eigenvalue weighted by Gasteiger charge is -2.21. The molecule has 2 fully saturated rings. The third-order valence-electron chi connectivity index (χ3n) is 3.99. The zero-order chi connectivity index (χ0) is 14.7. The van der Waals surface area contributed by atoms with Crippen molar-refractivity contribution in [3.63, 3.8) is 0 Å². The average Bonchev–Trinajstić information content (AvgIpc) is 3.18. The van der Waals surface area contributed by atoms with Gasteiger partial charge in [-0.15, -0.1) is 0 Å². The molecule has 1 unspecified atom stereocenters. The summed E-state index contributed by atoms with van der Waals surface area (Å²) in [5.74, 6) is 0.0772. The van der Waals surface area contributed by atoms with Crippen molar-refractivity contribution >= 4 is 17.8 Å². The first-order chi connectivity index (χ1) is 9.51. The van der Waals surface area contributed by atoms with Crippen LogP contribution in [-0.2, 0) is 19.1 Å². The minimum absolute atomic E-state index is 0.0550. The second kappa shape index (κ2) is 6.24. The molecule has 1 saturated carbocycles. The van der Waals surface area contributed by atoms with Crippen molar-refractivity contribution in [2.24, 2.45) is 11.8 Å². The van der Waals surface area contributed by atoms with Crippen LogP contribution in [0.5, 0.6) is 0 Å².